The average molecular weight is 413 g/mol. The number of para-hydroxylation sites is 1. The fourth-order valence-corrected chi connectivity index (χ4v) is 2.82. The van der Waals surface area contributed by atoms with Crippen LogP contribution in [0.1, 0.15) is 12.5 Å². The first-order valence-electron chi connectivity index (χ1n) is 7.51. The molecule has 0 saturated heterocycles. The molecule has 0 spiro atoms. The third-order valence-electron chi connectivity index (χ3n) is 3.24. The summed E-state index contributed by atoms with van der Waals surface area (Å²) in [7, 11) is 0. The Hall–Kier alpha value is -1.72. The van der Waals surface area contributed by atoms with Crippen LogP contribution in [0.2, 0.25) is 5.02 Å². The number of carbonyl (C=O) groups is 1. The molecule has 128 valence electrons. The number of aryl methyl sites for hydroxylation is 1. The van der Waals surface area contributed by atoms with Gasteiger partial charge in [0.2, 0.25) is 0 Å². The molecule has 1 atom stereocenters. The van der Waals surface area contributed by atoms with Gasteiger partial charge in [0.15, 0.2) is 6.61 Å². The Labute approximate surface area is 155 Å². The van der Waals surface area contributed by atoms with E-state index in [1.165, 1.54) is 0 Å². The number of nitrogens with one attached hydrogen (secondary N) is 1. The fraction of sp³-hybridized carbons (Fsp3) is 0.278. The van der Waals surface area contributed by atoms with Crippen LogP contribution in [0.25, 0.3) is 0 Å². The van der Waals surface area contributed by atoms with Crippen molar-refractivity contribution in [3.05, 3.63) is 57.5 Å². The van der Waals surface area contributed by atoms with E-state index in [1.807, 2.05) is 38.1 Å². The van der Waals surface area contributed by atoms with Gasteiger partial charge in [-0.25, -0.2) is 0 Å². The number of halogens is 2. The van der Waals surface area contributed by atoms with Crippen LogP contribution in [0.5, 0.6) is 11.5 Å². The van der Waals surface area contributed by atoms with Crippen molar-refractivity contribution in [2.24, 2.45) is 0 Å². The first kappa shape index (κ1) is 18.6. The van der Waals surface area contributed by atoms with Gasteiger partial charge >= 0.3 is 0 Å². The van der Waals surface area contributed by atoms with Crippen LogP contribution in [0.3, 0.4) is 0 Å². The van der Waals surface area contributed by atoms with Crippen molar-refractivity contribution in [2.45, 2.75) is 19.9 Å². The normalized spacial score (nSPS) is 11.7. The average Bonchev–Trinajstić information content (AvgIpc) is 2.53. The van der Waals surface area contributed by atoms with E-state index in [0.717, 1.165) is 11.3 Å². The summed E-state index contributed by atoms with van der Waals surface area (Å²) in [5, 5.41) is 3.44. The minimum atomic E-state index is -0.210. The van der Waals surface area contributed by atoms with Crippen LogP contribution in [0.15, 0.2) is 46.9 Å². The summed E-state index contributed by atoms with van der Waals surface area (Å²) >= 11 is 9.21. The third-order valence-corrected chi connectivity index (χ3v) is 4.10. The standard InChI is InChI=1S/C18H19BrClNO3/c1-12-5-3-4-6-16(12)23-10-13(2)21-18(22)11-24-17-8-7-14(20)9-15(17)19/h3-9,13H,10-11H2,1-2H3,(H,21,22). The van der Waals surface area contributed by atoms with Gasteiger partial charge in [0.25, 0.3) is 5.91 Å². The van der Waals surface area contributed by atoms with Crippen molar-refractivity contribution >= 4 is 33.4 Å². The van der Waals surface area contributed by atoms with Gasteiger partial charge in [-0.15, -0.1) is 0 Å². The van der Waals surface area contributed by atoms with Crippen LogP contribution in [0, 0.1) is 6.92 Å². The lowest BCUT2D eigenvalue weighted by Gasteiger charge is -2.16. The molecular formula is C18H19BrClNO3. The van der Waals surface area contributed by atoms with Gasteiger partial charge in [0.05, 0.1) is 10.5 Å². The number of benzene rings is 2. The van der Waals surface area contributed by atoms with Gasteiger partial charge in [-0.1, -0.05) is 29.8 Å². The van der Waals surface area contributed by atoms with Crippen molar-refractivity contribution in [1.29, 1.82) is 0 Å². The summed E-state index contributed by atoms with van der Waals surface area (Å²) in [5.41, 5.74) is 1.06. The van der Waals surface area contributed by atoms with Crippen LogP contribution >= 0.6 is 27.5 Å². The van der Waals surface area contributed by atoms with Crippen molar-refractivity contribution in [2.75, 3.05) is 13.2 Å². The Morgan fingerprint density at radius 1 is 1.21 bits per heavy atom. The van der Waals surface area contributed by atoms with E-state index < -0.39 is 0 Å². The van der Waals surface area contributed by atoms with E-state index in [-0.39, 0.29) is 18.6 Å². The molecule has 1 N–H and O–H groups in total. The van der Waals surface area contributed by atoms with Gasteiger partial charge in [0, 0.05) is 5.02 Å². The van der Waals surface area contributed by atoms with Crippen molar-refractivity contribution in [3.8, 4) is 11.5 Å². The highest BCUT2D eigenvalue weighted by Crippen LogP contribution is 2.27. The molecular weight excluding hydrogens is 394 g/mol. The molecule has 1 amide bonds. The lowest BCUT2D eigenvalue weighted by Crippen LogP contribution is -2.39. The number of carbonyl (C=O) groups excluding carboxylic acids is 1. The summed E-state index contributed by atoms with van der Waals surface area (Å²) < 4.78 is 11.9. The van der Waals surface area contributed by atoms with Crippen LogP contribution in [-0.2, 0) is 4.79 Å². The molecule has 0 aromatic heterocycles. The second-order valence-electron chi connectivity index (χ2n) is 5.41. The first-order valence-corrected chi connectivity index (χ1v) is 8.68. The minimum Gasteiger partial charge on any atom is -0.491 e. The van der Waals surface area contributed by atoms with E-state index in [4.69, 9.17) is 21.1 Å². The predicted octanol–water partition coefficient (Wildman–Crippen LogP) is 4.37. The maximum atomic E-state index is 12.0. The van der Waals surface area contributed by atoms with Gasteiger partial charge in [-0.2, -0.15) is 0 Å². The second kappa shape index (κ2) is 8.94. The lowest BCUT2D eigenvalue weighted by atomic mass is 10.2. The number of ether oxygens (including phenoxy) is 2. The zero-order valence-corrected chi connectivity index (χ0v) is 15.9. The molecule has 1 unspecified atom stereocenters. The highest BCUT2D eigenvalue weighted by molar-refractivity contribution is 9.10. The van der Waals surface area contributed by atoms with Gasteiger partial charge < -0.3 is 14.8 Å². The zero-order valence-electron chi connectivity index (χ0n) is 13.5. The molecule has 2 aromatic rings. The number of amides is 1. The summed E-state index contributed by atoms with van der Waals surface area (Å²) in [6, 6.07) is 12.8. The topological polar surface area (TPSA) is 47.6 Å². The molecule has 0 radical (unpaired) electrons. The maximum absolute atomic E-state index is 12.0. The quantitative estimate of drug-likeness (QED) is 0.734. The largest absolute Gasteiger partial charge is 0.491 e. The smallest absolute Gasteiger partial charge is 0.258 e. The molecule has 0 fully saturated rings. The van der Waals surface area contributed by atoms with Gasteiger partial charge in [0.1, 0.15) is 18.1 Å². The van der Waals surface area contributed by atoms with Crippen LogP contribution in [0.4, 0.5) is 0 Å². The molecule has 0 aliphatic carbocycles. The maximum Gasteiger partial charge on any atom is 0.258 e. The van der Waals surface area contributed by atoms with E-state index in [2.05, 4.69) is 21.2 Å². The van der Waals surface area contributed by atoms with Gasteiger partial charge in [-0.05, 0) is 59.6 Å². The number of rotatable bonds is 7. The monoisotopic (exact) mass is 411 g/mol. The first-order chi connectivity index (χ1) is 11.5. The Kier molecular flexibility index (Phi) is 6.94. The van der Waals surface area contributed by atoms with Crippen molar-refractivity contribution in [3.63, 3.8) is 0 Å². The molecule has 0 aliphatic rings. The third kappa shape index (κ3) is 5.73. The summed E-state index contributed by atoms with van der Waals surface area (Å²) in [4.78, 5) is 12.0. The van der Waals surface area contributed by atoms with E-state index >= 15 is 0 Å². The predicted molar refractivity (Wildman–Crippen MR) is 98.9 cm³/mol. The summed E-state index contributed by atoms with van der Waals surface area (Å²) in [5.74, 6) is 1.18. The molecule has 6 heteroatoms. The van der Waals surface area contributed by atoms with E-state index in [9.17, 15) is 4.79 Å². The molecule has 0 saturated carbocycles. The highest BCUT2D eigenvalue weighted by atomic mass is 79.9. The van der Waals surface area contributed by atoms with Gasteiger partial charge in [-0.3, -0.25) is 4.79 Å². The Bertz CT molecular complexity index is 708. The molecule has 0 aliphatic heterocycles. The fourth-order valence-electron chi connectivity index (χ4n) is 2.03. The molecule has 2 aromatic carbocycles. The Morgan fingerprint density at radius 3 is 2.67 bits per heavy atom. The molecule has 0 bridgehead atoms. The molecule has 24 heavy (non-hydrogen) atoms. The number of hydrogen-bond acceptors (Lipinski definition) is 3. The second-order valence-corrected chi connectivity index (χ2v) is 6.70. The lowest BCUT2D eigenvalue weighted by molar-refractivity contribution is -0.123. The molecule has 2 rings (SSSR count). The van der Waals surface area contributed by atoms with Crippen LogP contribution < -0.4 is 14.8 Å². The Balaban J connectivity index is 1.76. The summed E-state index contributed by atoms with van der Waals surface area (Å²) in [6.45, 7) is 4.18. The van der Waals surface area contributed by atoms with Crippen molar-refractivity contribution < 1.29 is 14.3 Å². The van der Waals surface area contributed by atoms with E-state index in [0.29, 0.717) is 21.9 Å². The minimum absolute atomic E-state index is 0.0745. The summed E-state index contributed by atoms with van der Waals surface area (Å²) in [6.07, 6.45) is 0. The SMILES string of the molecule is Cc1ccccc1OCC(C)NC(=O)COc1ccc(Cl)cc1Br. The Morgan fingerprint density at radius 2 is 1.96 bits per heavy atom. The molecule has 4 nitrogen and oxygen atoms in total. The highest BCUT2D eigenvalue weighted by Gasteiger charge is 2.10. The zero-order chi connectivity index (χ0) is 17.5. The molecule has 0 heterocycles. The van der Waals surface area contributed by atoms with E-state index in [1.54, 1.807) is 18.2 Å². The van der Waals surface area contributed by atoms with Crippen molar-refractivity contribution in [1.82, 2.24) is 5.32 Å². The number of hydrogen-bond donors (Lipinski definition) is 1. The van der Waals surface area contributed by atoms with Crippen LogP contribution in [-0.4, -0.2) is 25.2 Å².